The standard InChI is InChI=1S/C16H27NO3/c1-5-16(18,6-2)12-17-14-11-13(19-7-3)9-10-15(14)20-8-4/h9-11,17-18H,5-8,12H2,1-4H3. The number of rotatable bonds is 9. The Morgan fingerprint density at radius 1 is 1.05 bits per heavy atom. The lowest BCUT2D eigenvalue weighted by Gasteiger charge is -2.26. The first-order valence-electron chi connectivity index (χ1n) is 7.44. The molecule has 0 radical (unpaired) electrons. The Bertz CT molecular complexity index is 403. The summed E-state index contributed by atoms with van der Waals surface area (Å²) in [6, 6.07) is 5.71. The minimum atomic E-state index is -0.689. The highest BCUT2D eigenvalue weighted by atomic mass is 16.5. The van der Waals surface area contributed by atoms with Crippen LogP contribution < -0.4 is 14.8 Å². The van der Waals surface area contributed by atoms with Gasteiger partial charge in [0, 0.05) is 12.6 Å². The summed E-state index contributed by atoms with van der Waals surface area (Å²) in [5.41, 5.74) is 0.170. The van der Waals surface area contributed by atoms with Crippen molar-refractivity contribution in [3.8, 4) is 11.5 Å². The van der Waals surface area contributed by atoms with Gasteiger partial charge in [0.15, 0.2) is 0 Å². The number of aliphatic hydroxyl groups is 1. The summed E-state index contributed by atoms with van der Waals surface area (Å²) >= 11 is 0. The Morgan fingerprint density at radius 2 is 1.70 bits per heavy atom. The first-order chi connectivity index (χ1) is 9.58. The van der Waals surface area contributed by atoms with Gasteiger partial charge < -0.3 is 19.9 Å². The van der Waals surface area contributed by atoms with Crippen molar-refractivity contribution < 1.29 is 14.6 Å². The molecule has 0 spiro atoms. The molecule has 0 atom stereocenters. The van der Waals surface area contributed by atoms with Gasteiger partial charge in [0.25, 0.3) is 0 Å². The van der Waals surface area contributed by atoms with Crippen molar-refractivity contribution in [1.82, 2.24) is 0 Å². The second kappa shape index (κ2) is 8.00. The normalized spacial score (nSPS) is 11.2. The summed E-state index contributed by atoms with van der Waals surface area (Å²) in [4.78, 5) is 0. The number of hydrogen-bond donors (Lipinski definition) is 2. The van der Waals surface area contributed by atoms with Crippen molar-refractivity contribution in [1.29, 1.82) is 0 Å². The maximum atomic E-state index is 10.3. The molecule has 4 heteroatoms. The Morgan fingerprint density at radius 3 is 2.25 bits per heavy atom. The van der Waals surface area contributed by atoms with Gasteiger partial charge in [-0.1, -0.05) is 13.8 Å². The highest BCUT2D eigenvalue weighted by molar-refractivity contribution is 5.60. The lowest BCUT2D eigenvalue weighted by molar-refractivity contribution is 0.0456. The van der Waals surface area contributed by atoms with E-state index in [4.69, 9.17) is 9.47 Å². The molecule has 0 amide bonds. The highest BCUT2D eigenvalue weighted by Crippen LogP contribution is 2.30. The van der Waals surface area contributed by atoms with E-state index >= 15 is 0 Å². The topological polar surface area (TPSA) is 50.7 Å². The van der Waals surface area contributed by atoms with E-state index in [1.54, 1.807) is 0 Å². The van der Waals surface area contributed by atoms with Crippen LogP contribution in [0.3, 0.4) is 0 Å². The van der Waals surface area contributed by atoms with Crippen molar-refractivity contribution in [3.05, 3.63) is 18.2 Å². The predicted molar refractivity (Wildman–Crippen MR) is 82.8 cm³/mol. The minimum absolute atomic E-state index is 0.496. The summed E-state index contributed by atoms with van der Waals surface area (Å²) in [5, 5.41) is 13.6. The lowest BCUT2D eigenvalue weighted by atomic mass is 9.97. The zero-order chi connectivity index (χ0) is 15.0. The zero-order valence-electron chi connectivity index (χ0n) is 13.0. The Labute approximate surface area is 122 Å². The van der Waals surface area contributed by atoms with E-state index in [9.17, 15) is 5.11 Å². The molecule has 0 fully saturated rings. The summed E-state index contributed by atoms with van der Waals surface area (Å²) in [5.74, 6) is 1.58. The monoisotopic (exact) mass is 281 g/mol. The van der Waals surface area contributed by atoms with Crippen molar-refractivity contribution in [2.24, 2.45) is 0 Å². The maximum Gasteiger partial charge on any atom is 0.142 e. The molecule has 0 heterocycles. The quantitative estimate of drug-likeness (QED) is 0.728. The molecule has 0 aliphatic rings. The van der Waals surface area contributed by atoms with Crippen LogP contribution >= 0.6 is 0 Å². The molecule has 0 aromatic heterocycles. The van der Waals surface area contributed by atoms with E-state index in [-0.39, 0.29) is 0 Å². The molecule has 0 saturated heterocycles. The van der Waals surface area contributed by atoms with E-state index in [2.05, 4.69) is 5.32 Å². The van der Waals surface area contributed by atoms with Crippen LogP contribution in [0.4, 0.5) is 5.69 Å². The van der Waals surface area contributed by atoms with E-state index in [0.29, 0.717) is 32.6 Å². The molecule has 0 unspecified atom stereocenters. The number of ether oxygens (including phenoxy) is 2. The van der Waals surface area contributed by atoms with Crippen molar-refractivity contribution in [2.75, 3.05) is 25.1 Å². The summed E-state index contributed by atoms with van der Waals surface area (Å²) in [7, 11) is 0. The van der Waals surface area contributed by atoms with Crippen LogP contribution in [0.2, 0.25) is 0 Å². The van der Waals surface area contributed by atoms with Gasteiger partial charge in [0.2, 0.25) is 0 Å². The molecule has 4 nitrogen and oxygen atoms in total. The number of hydrogen-bond acceptors (Lipinski definition) is 4. The van der Waals surface area contributed by atoms with Gasteiger partial charge in [0.05, 0.1) is 24.5 Å². The Hall–Kier alpha value is -1.42. The molecule has 114 valence electrons. The highest BCUT2D eigenvalue weighted by Gasteiger charge is 2.22. The third-order valence-electron chi connectivity index (χ3n) is 3.49. The SMILES string of the molecule is CCOc1ccc(OCC)c(NCC(O)(CC)CC)c1. The summed E-state index contributed by atoms with van der Waals surface area (Å²) in [6.45, 7) is 9.62. The van der Waals surface area contributed by atoms with Crippen LogP contribution in [0.25, 0.3) is 0 Å². The second-order valence-corrected chi connectivity index (χ2v) is 4.81. The smallest absolute Gasteiger partial charge is 0.142 e. The van der Waals surface area contributed by atoms with E-state index in [1.165, 1.54) is 0 Å². The molecular formula is C16H27NO3. The Kier molecular flexibility index (Phi) is 6.65. The second-order valence-electron chi connectivity index (χ2n) is 4.81. The average molecular weight is 281 g/mol. The molecular weight excluding hydrogens is 254 g/mol. The van der Waals surface area contributed by atoms with Crippen LogP contribution in [0, 0.1) is 0 Å². The largest absolute Gasteiger partial charge is 0.494 e. The van der Waals surface area contributed by atoms with Crippen LogP contribution in [0.5, 0.6) is 11.5 Å². The molecule has 1 aromatic rings. The van der Waals surface area contributed by atoms with Gasteiger partial charge in [-0.3, -0.25) is 0 Å². The van der Waals surface area contributed by atoms with Crippen LogP contribution in [-0.2, 0) is 0 Å². The molecule has 0 saturated carbocycles. The van der Waals surface area contributed by atoms with Gasteiger partial charge in [-0.05, 0) is 38.8 Å². The molecule has 1 aromatic carbocycles. The van der Waals surface area contributed by atoms with Crippen molar-refractivity contribution in [2.45, 2.75) is 46.1 Å². The van der Waals surface area contributed by atoms with Gasteiger partial charge in [-0.25, -0.2) is 0 Å². The van der Waals surface area contributed by atoms with E-state index < -0.39 is 5.60 Å². The van der Waals surface area contributed by atoms with Gasteiger partial charge in [-0.2, -0.15) is 0 Å². The third-order valence-corrected chi connectivity index (χ3v) is 3.49. The van der Waals surface area contributed by atoms with Crippen LogP contribution in [0.1, 0.15) is 40.5 Å². The third kappa shape index (κ3) is 4.60. The minimum Gasteiger partial charge on any atom is -0.494 e. The number of nitrogens with one attached hydrogen (secondary N) is 1. The average Bonchev–Trinajstić information content (AvgIpc) is 2.47. The first-order valence-corrected chi connectivity index (χ1v) is 7.44. The predicted octanol–water partition coefficient (Wildman–Crippen LogP) is 3.45. The van der Waals surface area contributed by atoms with E-state index in [1.807, 2.05) is 45.9 Å². The summed E-state index contributed by atoms with van der Waals surface area (Å²) in [6.07, 6.45) is 1.43. The molecule has 0 aliphatic carbocycles. The molecule has 20 heavy (non-hydrogen) atoms. The first kappa shape index (κ1) is 16.6. The number of anilines is 1. The van der Waals surface area contributed by atoms with Gasteiger partial charge in [-0.15, -0.1) is 0 Å². The van der Waals surface area contributed by atoms with Crippen molar-refractivity contribution >= 4 is 5.69 Å². The van der Waals surface area contributed by atoms with Gasteiger partial charge in [0.1, 0.15) is 11.5 Å². The fourth-order valence-electron chi connectivity index (χ4n) is 1.94. The maximum absolute atomic E-state index is 10.3. The number of benzene rings is 1. The lowest BCUT2D eigenvalue weighted by Crippen LogP contribution is -2.35. The summed E-state index contributed by atoms with van der Waals surface area (Å²) < 4.78 is 11.1. The fourth-order valence-corrected chi connectivity index (χ4v) is 1.94. The molecule has 0 bridgehead atoms. The van der Waals surface area contributed by atoms with E-state index in [0.717, 1.165) is 17.2 Å². The Balaban J connectivity index is 2.86. The van der Waals surface area contributed by atoms with Crippen molar-refractivity contribution in [3.63, 3.8) is 0 Å². The molecule has 1 rings (SSSR count). The zero-order valence-corrected chi connectivity index (χ0v) is 13.0. The van der Waals surface area contributed by atoms with Crippen LogP contribution in [-0.4, -0.2) is 30.5 Å². The molecule has 0 aliphatic heterocycles. The molecule has 2 N–H and O–H groups in total. The van der Waals surface area contributed by atoms with Gasteiger partial charge >= 0.3 is 0 Å². The fraction of sp³-hybridized carbons (Fsp3) is 0.625. The van der Waals surface area contributed by atoms with Crippen LogP contribution in [0.15, 0.2) is 18.2 Å².